The number of carbonyl (C=O) groups excluding carboxylic acids is 1. The Bertz CT molecular complexity index is 1180. The van der Waals surface area contributed by atoms with E-state index < -0.39 is 17.8 Å². The van der Waals surface area contributed by atoms with E-state index in [9.17, 15) is 18.0 Å². The Hall–Kier alpha value is -4.06. The van der Waals surface area contributed by atoms with E-state index in [0.717, 1.165) is 25.2 Å². The average molecular weight is 487 g/mol. The number of halogens is 3. The fraction of sp³-hybridized carbons (Fsp3) is 0.261. The van der Waals surface area contributed by atoms with Crippen LogP contribution in [-0.2, 0) is 6.18 Å². The second kappa shape index (κ2) is 10.1. The summed E-state index contributed by atoms with van der Waals surface area (Å²) < 4.78 is 46.1. The lowest BCUT2D eigenvalue weighted by Crippen LogP contribution is -2.44. The largest absolute Gasteiger partial charge is 0.439 e. The van der Waals surface area contributed by atoms with Crippen molar-refractivity contribution in [2.45, 2.75) is 6.18 Å². The van der Waals surface area contributed by atoms with Gasteiger partial charge < -0.3 is 30.9 Å². The van der Waals surface area contributed by atoms with Crippen molar-refractivity contribution >= 4 is 28.9 Å². The Balaban J connectivity index is 1.43. The molecule has 3 aromatic rings. The maximum Gasteiger partial charge on any atom is 0.416 e. The highest BCUT2D eigenvalue weighted by molar-refractivity contribution is 6.00. The predicted molar refractivity (Wildman–Crippen MR) is 127 cm³/mol. The van der Waals surface area contributed by atoms with Crippen molar-refractivity contribution in [2.24, 2.45) is 0 Å². The smallest absolute Gasteiger partial charge is 0.416 e. The molecule has 1 fully saturated rings. The number of likely N-dealkylation sites (N-methyl/N-ethyl adjacent to an activating group) is 1. The number of amides is 2. The SMILES string of the molecule is CN1CCN(c2cc(NC(=O)Nc3ccc(Oc4cc(N)ncn4)cc3)cc(C(F)(F)F)c2)CC1. The van der Waals surface area contributed by atoms with Gasteiger partial charge in [-0.1, -0.05) is 0 Å². The van der Waals surface area contributed by atoms with E-state index in [1.807, 2.05) is 11.9 Å². The first-order chi connectivity index (χ1) is 16.7. The second-order valence-electron chi connectivity index (χ2n) is 8.04. The maximum atomic E-state index is 13.5. The number of nitrogen functional groups attached to an aromatic ring is 1. The molecule has 0 radical (unpaired) electrons. The third-order valence-corrected chi connectivity index (χ3v) is 5.37. The number of hydrogen-bond acceptors (Lipinski definition) is 7. The normalized spacial score (nSPS) is 14.5. The molecule has 35 heavy (non-hydrogen) atoms. The summed E-state index contributed by atoms with van der Waals surface area (Å²) in [6.45, 7) is 2.67. The second-order valence-corrected chi connectivity index (χ2v) is 8.04. The summed E-state index contributed by atoms with van der Waals surface area (Å²) in [5.74, 6) is 0.968. The topological polar surface area (TPSA) is 109 Å². The fourth-order valence-corrected chi connectivity index (χ4v) is 3.52. The molecular weight excluding hydrogens is 463 g/mol. The highest BCUT2D eigenvalue weighted by Crippen LogP contribution is 2.35. The molecule has 184 valence electrons. The zero-order valence-electron chi connectivity index (χ0n) is 18.8. The molecule has 4 N–H and O–H groups in total. The summed E-state index contributed by atoms with van der Waals surface area (Å²) in [4.78, 5) is 24.2. The van der Waals surface area contributed by atoms with E-state index in [2.05, 4.69) is 25.5 Å². The summed E-state index contributed by atoms with van der Waals surface area (Å²) in [5, 5.41) is 5.10. The number of hydrogen-bond donors (Lipinski definition) is 3. The van der Waals surface area contributed by atoms with E-state index in [1.54, 1.807) is 30.3 Å². The lowest BCUT2D eigenvalue weighted by molar-refractivity contribution is -0.137. The molecule has 0 saturated carbocycles. The molecule has 1 aliphatic rings. The van der Waals surface area contributed by atoms with Crippen LogP contribution in [0, 0.1) is 0 Å². The van der Waals surface area contributed by atoms with E-state index in [1.165, 1.54) is 12.4 Å². The molecule has 2 amide bonds. The maximum absolute atomic E-state index is 13.5. The summed E-state index contributed by atoms with van der Waals surface area (Å²) in [7, 11) is 1.96. The van der Waals surface area contributed by atoms with Crippen molar-refractivity contribution in [3.05, 3.63) is 60.4 Å². The zero-order valence-corrected chi connectivity index (χ0v) is 18.8. The van der Waals surface area contributed by atoms with Gasteiger partial charge in [0, 0.05) is 49.3 Å². The molecule has 0 unspecified atom stereocenters. The molecule has 0 bridgehead atoms. The van der Waals surface area contributed by atoms with Gasteiger partial charge in [-0.25, -0.2) is 14.8 Å². The molecule has 1 aliphatic heterocycles. The van der Waals surface area contributed by atoms with Gasteiger partial charge in [-0.3, -0.25) is 0 Å². The van der Waals surface area contributed by atoms with Crippen LogP contribution in [0.3, 0.4) is 0 Å². The minimum absolute atomic E-state index is 0.0487. The van der Waals surface area contributed by atoms with Crippen LogP contribution in [0.5, 0.6) is 11.6 Å². The summed E-state index contributed by atoms with van der Waals surface area (Å²) in [6.07, 6.45) is -3.27. The Kier molecular flexibility index (Phi) is 6.92. The Morgan fingerprint density at radius 3 is 2.31 bits per heavy atom. The van der Waals surface area contributed by atoms with Gasteiger partial charge in [0.1, 0.15) is 17.9 Å². The van der Waals surface area contributed by atoms with E-state index in [-0.39, 0.29) is 17.4 Å². The number of rotatable bonds is 5. The molecule has 0 spiro atoms. The monoisotopic (exact) mass is 487 g/mol. The van der Waals surface area contributed by atoms with Crippen molar-refractivity contribution in [2.75, 3.05) is 54.5 Å². The number of aromatic nitrogens is 2. The number of piperazine rings is 1. The Labute approximate surface area is 199 Å². The number of benzene rings is 2. The van der Waals surface area contributed by atoms with Crippen LogP contribution in [-0.4, -0.2) is 54.1 Å². The van der Waals surface area contributed by atoms with E-state index >= 15 is 0 Å². The first kappa shape index (κ1) is 24.1. The van der Waals surface area contributed by atoms with Crippen molar-refractivity contribution in [1.29, 1.82) is 0 Å². The minimum Gasteiger partial charge on any atom is -0.439 e. The number of ether oxygens (including phenoxy) is 1. The molecule has 0 atom stereocenters. The number of anilines is 4. The van der Waals surface area contributed by atoms with E-state index in [0.29, 0.717) is 30.2 Å². The molecule has 0 aliphatic carbocycles. The van der Waals surface area contributed by atoms with Crippen LogP contribution in [0.15, 0.2) is 54.9 Å². The molecule has 2 aromatic carbocycles. The molecule has 4 rings (SSSR count). The zero-order chi connectivity index (χ0) is 25.0. The third-order valence-electron chi connectivity index (χ3n) is 5.37. The van der Waals surface area contributed by atoms with Crippen molar-refractivity contribution < 1.29 is 22.7 Å². The highest BCUT2D eigenvalue weighted by Gasteiger charge is 2.32. The van der Waals surface area contributed by atoms with Crippen LogP contribution in [0.25, 0.3) is 0 Å². The molecular formula is C23H24F3N7O2. The van der Waals surface area contributed by atoms with Crippen LogP contribution < -0.4 is 26.0 Å². The van der Waals surface area contributed by atoms with Crippen molar-refractivity contribution in [3.63, 3.8) is 0 Å². The average Bonchev–Trinajstić information content (AvgIpc) is 2.80. The number of alkyl halides is 3. The van der Waals surface area contributed by atoms with Crippen LogP contribution >= 0.6 is 0 Å². The van der Waals surface area contributed by atoms with Crippen LogP contribution in [0.1, 0.15) is 5.56 Å². The van der Waals surface area contributed by atoms with Gasteiger partial charge >= 0.3 is 12.2 Å². The molecule has 12 heteroatoms. The lowest BCUT2D eigenvalue weighted by Gasteiger charge is -2.34. The first-order valence-corrected chi connectivity index (χ1v) is 10.7. The first-order valence-electron chi connectivity index (χ1n) is 10.7. The molecule has 9 nitrogen and oxygen atoms in total. The number of nitrogens with one attached hydrogen (secondary N) is 2. The molecule has 1 aromatic heterocycles. The van der Waals surface area contributed by atoms with Crippen molar-refractivity contribution in [1.82, 2.24) is 14.9 Å². The Morgan fingerprint density at radius 2 is 1.66 bits per heavy atom. The summed E-state index contributed by atoms with van der Waals surface area (Å²) >= 11 is 0. The lowest BCUT2D eigenvalue weighted by atomic mass is 10.1. The highest BCUT2D eigenvalue weighted by atomic mass is 19.4. The summed E-state index contributed by atoms with van der Waals surface area (Å²) in [5.41, 5.74) is 5.65. The standard InChI is InChI=1S/C23H24F3N7O2/c1-32-6-8-33(9-7-32)18-11-15(23(24,25)26)10-17(12-18)31-22(34)30-16-2-4-19(5-3-16)35-21-13-20(27)28-14-29-21/h2-5,10-14H,6-9H2,1H3,(H2,27,28,29)(H2,30,31,34). The van der Waals surface area contributed by atoms with Gasteiger partial charge in [0.25, 0.3) is 0 Å². The fourth-order valence-electron chi connectivity index (χ4n) is 3.52. The Morgan fingerprint density at radius 1 is 0.971 bits per heavy atom. The third kappa shape index (κ3) is 6.51. The van der Waals surface area contributed by atoms with Gasteiger partial charge in [0.2, 0.25) is 5.88 Å². The number of nitrogens with two attached hydrogens (primary N) is 1. The quantitative estimate of drug-likeness (QED) is 0.493. The van der Waals surface area contributed by atoms with Gasteiger partial charge in [-0.2, -0.15) is 13.2 Å². The number of carbonyl (C=O) groups is 1. The molecule has 1 saturated heterocycles. The van der Waals surface area contributed by atoms with Crippen LogP contribution in [0.2, 0.25) is 0 Å². The van der Waals surface area contributed by atoms with Crippen LogP contribution in [0.4, 0.5) is 40.8 Å². The van der Waals surface area contributed by atoms with Gasteiger partial charge in [0.15, 0.2) is 0 Å². The van der Waals surface area contributed by atoms with E-state index in [4.69, 9.17) is 10.5 Å². The minimum atomic E-state index is -4.54. The number of nitrogens with zero attached hydrogens (tertiary/aromatic N) is 4. The van der Waals surface area contributed by atoms with Gasteiger partial charge in [0.05, 0.1) is 5.56 Å². The van der Waals surface area contributed by atoms with Crippen molar-refractivity contribution in [3.8, 4) is 11.6 Å². The van der Waals surface area contributed by atoms with Gasteiger partial charge in [-0.15, -0.1) is 0 Å². The summed E-state index contributed by atoms with van der Waals surface area (Å²) in [6, 6.07) is 10.7. The molecule has 2 heterocycles. The number of urea groups is 1. The predicted octanol–water partition coefficient (Wildman–Crippen LogP) is 4.27. The van der Waals surface area contributed by atoms with Gasteiger partial charge in [-0.05, 0) is 49.5 Å².